The second-order valence-corrected chi connectivity index (χ2v) is 10.6. The van der Waals surface area contributed by atoms with Gasteiger partial charge in [0.1, 0.15) is 5.82 Å². The molecule has 0 aliphatic heterocycles. The molecule has 4 rings (SSSR count). The van der Waals surface area contributed by atoms with Crippen molar-refractivity contribution in [3.63, 3.8) is 0 Å². The Morgan fingerprint density at radius 1 is 1.00 bits per heavy atom. The van der Waals surface area contributed by atoms with Gasteiger partial charge in [0.2, 0.25) is 0 Å². The lowest BCUT2D eigenvalue weighted by Gasteiger charge is -2.08. The zero-order valence-corrected chi connectivity index (χ0v) is 19.6. The molecule has 1 aromatic heterocycles. The summed E-state index contributed by atoms with van der Waals surface area (Å²) in [6.45, 7) is 2.32. The fourth-order valence-corrected chi connectivity index (χ4v) is 5.24. The van der Waals surface area contributed by atoms with Gasteiger partial charge < -0.3 is 5.32 Å². The van der Waals surface area contributed by atoms with Crippen LogP contribution >= 0.6 is 11.3 Å². The predicted octanol–water partition coefficient (Wildman–Crippen LogP) is 5.26. The molecule has 0 saturated carbocycles. The second-order valence-electron chi connectivity index (χ2n) is 7.64. The molecule has 0 unspecified atom stereocenters. The molecule has 168 valence electrons. The van der Waals surface area contributed by atoms with E-state index in [1.807, 2.05) is 31.2 Å². The van der Waals surface area contributed by atoms with Crippen LogP contribution in [0.1, 0.15) is 20.9 Å². The highest BCUT2D eigenvalue weighted by atomic mass is 32.2. The van der Waals surface area contributed by atoms with Gasteiger partial charge in [-0.2, -0.15) is 0 Å². The number of sulfone groups is 1. The molecule has 0 spiro atoms. The van der Waals surface area contributed by atoms with Crippen LogP contribution in [0.15, 0.2) is 77.7 Å². The predicted molar refractivity (Wildman–Crippen MR) is 128 cm³/mol. The van der Waals surface area contributed by atoms with E-state index >= 15 is 0 Å². The summed E-state index contributed by atoms with van der Waals surface area (Å²) < 4.78 is 38.3. The lowest BCUT2D eigenvalue weighted by Crippen LogP contribution is -2.22. The van der Waals surface area contributed by atoms with Crippen LogP contribution in [0.3, 0.4) is 0 Å². The molecule has 1 amide bonds. The number of thiazole rings is 1. The number of hydrogen-bond acceptors (Lipinski definition) is 5. The van der Waals surface area contributed by atoms with Crippen molar-refractivity contribution in [2.45, 2.75) is 18.4 Å². The molecule has 1 N–H and O–H groups in total. The monoisotopic (exact) mass is 480 g/mol. The Kier molecular flexibility index (Phi) is 6.40. The molecular formula is C25H21FN2O3S2. The van der Waals surface area contributed by atoms with Crippen LogP contribution in [0.25, 0.3) is 21.7 Å². The van der Waals surface area contributed by atoms with Crippen LogP contribution in [0, 0.1) is 12.7 Å². The van der Waals surface area contributed by atoms with Crippen molar-refractivity contribution in [2.24, 2.45) is 0 Å². The molecule has 0 atom stereocenters. The molecule has 4 aromatic rings. The van der Waals surface area contributed by atoms with E-state index in [0.29, 0.717) is 28.2 Å². The Morgan fingerprint density at radius 2 is 1.67 bits per heavy atom. The molecule has 1 heterocycles. The number of nitrogens with one attached hydrogen (secondary N) is 1. The summed E-state index contributed by atoms with van der Waals surface area (Å²) >= 11 is 1.14. The van der Waals surface area contributed by atoms with E-state index in [4.69, 9.17) is 0 Å². The average Bonchev–Trinajstić information content (AvgIpc) is 3.24. The maximum Gasteiger partial charge on any atom is 0.280 e. The number of hydrogen-bond donors (Lipinski definition) is 1. The van der Waals surface area contributed by atoms with Crippen LogP contribution in [-0.4, -0.2) is 25.6 Å². The van der Waals surface area contributed by atoms with Gasteiger partial charge in [-0.05, 0) is 36.2 Å². The van der Waals surface area contributed by atoms with E-state index in [9.17, 15) is 17.6 Å². The molecule has 33 heavy (non-hydrogen) atoms. The Labute approximate surface area is 195 Å². The van der Waals surface area contributed by atoms with Gasteiger partial charge in [0.15, 0.2) is 14.8 Å². The van der Waals surface area contributed by atoms with E-state index in [1.165, 1.54) is 18.2 Å². The van der Waals surface area contributed by atoms with Gasteiger partial charge in [-0.25, -0.2) is 17.8 Å². The maximum atomic E-state index is 13.5. The number of nitrogens with zero attached hydrogens (tertiary/aromatic N) is 1. The van der Waals surface area contributed by atoms with E-state index in [2.05, 4.69) is 10.3 Å². The summed E-state index contributed by atoms with van der Waals surface area (Å²) in [5.74, 6) is -0.760. The van der Waals surface area contributed by atoms with Gasteiger partial charge in [0, 0.05) is 18.4 Å². The summed E-state index contributed by atoms with van der Waals surface area (Å²) in [4.78, 5) is 18.1. The largest absolute Gasteiger partial charge is 0.346 e. The van der Waals surface area contributed by atoms with Crippen molar-refractivity contribution < 1.29 is 17.6 Å². The number of rotatable bonds is 6. The normalized spacial score (nSPS) is 11.4. The Hall–Kier alpha value is -3.36. The van der Waals surface area contributed by atoms with E-state index in [0.717, 1.165) is 28.7 Å². The summed E-state index contributed by atoms with van der Waals surface area (Å²) in [5.41, 5.74) is 3.49. The molecule has 0 fully saturated rings. The maximum absolute atomic E-state index is 13.5. The Morgan fingerprint density at radius 3 is 2.33 bits per heavy atom. The molecule has 3 aromatic carbocycles. The minimum Gasteiger partial charge on any atom is -0.346 e. The van der Waals surface area contributed by atoms with Crippen LogP contribution < -0.4 is 5.32 Å². The fourth-order valence-electron chi connectivity index (χ4n) is 3.35. The first kappa shape index (κ1) is 22.8. The molecule has 5 nitrogen and oxygen atoms in total. The lowest BCUT2D eigenvalue weighted by molar-refractivity contribution is 0.0950. The van der Waals surface area contributed by atoms with Gasteiger partial charge in [0.05, 0.1) is 15.5 Å². The summed E-state index contributed by atoms with van der Waals surface area (Å²) in [7, 11) is -3.54. The van der Waals surface area contributed by atoms with E-state index in [1.54, 1.807) is 30.3 Å². The highest BCUT2D eigenvalue weighted by Crippen LogP contribution is 2.39. The molecule has 0 aliphatic rings. The van der Waals surface area contributed by atoms with Crippen LogP contribution in [0.5, 0.6) is 0 Å². The topological polar surface area (TPSA) is 76.1 Å². The third-order valence-corrected chi connectivity index (χ3v) is 7.30. The number of benzene rings is 3. The molecule has 0 bridgehead atoms. The zero-order chi connectivity index (χ0) is 23.6. The second kappa shape index (κ2) is 9.25. The van der Waals surface area contributed by atoms with Crippen molar-refractivity contribution in [2.75, 3.05) is 6.26 Å². The summed E-state index contributed by atoms with van der Waals surface area (Å²) in [6, 6.07) is 20.2. The Bertz CT molecular complexity index is 1410. The molecule has 0 radical (unpaired) electrons. The molecule has 0 saturated heterocycles. The minimum atomic E-state index is -3.54. The third-order valence-electron chi connectivity index (χ3n) is 5.04. The number of carbonyl (C=O) groups excluding carboxylic acids is 1. The van der Waals surface area contributed by atoms with Crippen molar-refractivity contribution >= 4 is 27.1 Å². The van der Waals surface area contributed by atoms with Gasteiger partial charge in [-0.1, -0.05) is 60.2 Å². The zero-order valence-electron chi connectivity index (χ0n) is 18.0. The van der Waals surface area contributed by atoms with Gasteiger partial charge in [-0.3, -0.25) is 4.79 Å². The van der Waals surface area contributed by atoms with Gasteiger partial charge in [0.25, 0.3) is 5.91 Å². The van der Waals surface area contributed by atoms with Gasteiger partial charge in [-0.15, -0.1) is 11.3 Å². The highest BCUT2D eigenvalue weighted by Gasteiger charge is 2.23. The first-order valence-corrected chi connectivity index (χ1v) is 12.8. The highest BCUT2D eigenvalue weighted by molar-refractivity contribution is 7.90. The van der Waals surface area contributed by atoms with Crippen LogP contribution in [-0.2, 0) is 16.4 Å². The minimum absolute atomic E-state index is 0.116. The molecule has 0 aliphatic carbocycles. The number of halogens is 1. The van der Waals surface area contributed by atoms with E-state index in [-0.39, 0.29) is 15.8 Å². The SMILES string of the molecule is Cc1ccc(CNC(=O)c2nc(-c3ccccc3S(C)(=O)=O)c(-c3ccc(F)cc3)s2)cc1. The van der Waals surface area contributed by atoms with Crippen LogP contribution in [0.2, 0.25) is 0 Å². The lowest BCUT2D eigenvalue weighted by atomic mass is 10.1. The number of aryl methyl sites for hydroxylation is 1. The summed E-state index contributed by atoms with van der Waals surface area (Å²) in [5, 5.41) is 3.06. The third kappa shape index (κ3) is 5.18. The van der Waals surface area contributed by atoms with Crippen molar-refractivity contribution in [1.82, 2.24) is 10.3 Å². The standard InChI is InChI=1S/C25H21FN2O3S2/c1-16-7-9-17(10-8-16)15-27-24(29)25-28-22(20-5-3-4-6-21(20)33(2,30)31)23(32-25)18-11-13-19(26)14-12-18/h3-14H,15H2,1-2H3,(H,27,29). The quantitative estimate of drug-likeness (QED) is 0.409. The van der Waals surface area contributed by atoms with Crippen molar-refractivity contribution in [3.05, 3.63) is 94.7 Å². The Balaban J connectivity index is 1.76. The molecular weight excluding hydrogens is 459 g/mol. The van der Waals surface area contributed by atoms with Crippen molar-refractivity contribution in [3.8, 4) is 21.7 Å². The van der Waals surface area contributed by atoms with Crippen LogP contribution in [0.4, 0.5) is 4.39 Å². The van der Waals surface area contributed by atoms with E-state index < -0.39 is 15.7 Å². The molecule has 8 heteroatoms. The first-order chi connectivity index (χ1) is 15.7. The number of carbonyl (C=O) groups is 1. The number of amides is 1. The smallest absolute Gasteiger partial charge is 0.280 e. The number of aromatic nitrogens is 1. The van der Waals surface area contributed by atoms with Crippen molar-refractivity contribution in [1.29, 1.82) is 0 Å². The summed E-state index contributed by atoms with van der Waals surface area (Å²) in [6.07, 6.45) is 1.13. The fraction of sp³-hybridized carbons (Fsp3) is 0.120. The average molecular weight is 481 g/mol. The van der Waals surface area contributed by atoms with Gasteiger partial charge >= 0.3 is 0 Å². The first-order valence-electron chi connectivity index (χ1n) is 10.1.